The van der Waals surface area contributed by atoms with Crippen LogP contribution in [0.2, 0.25) is 78.6 Å². The smallest absolute Gasteiger partial charge is 0.164 e. The first-order valence-corrected chi connectivity index (χ1v) is 63.4. The van der Waals surface area contributed by atoms with E-state index in [0.29, 0.717) is 0 Å². The topological polar surface area (TPSA) is 201 Å². The molecule has 0 saturated heterocycles. The summed E-state index contributed by atoms with van der Waals surface area (Å²) in [6.45, 7) is 92.0. The Kier molecular flexibility index (Phi) is 54.0. The van der Waals surface area contributed by atoms with Crippen molar-refractivity contribution < 1.29 is 120 Å². The number of hydrogen-bond donors (Lipinski definition) is 4. The van der Waals surface area contributed by atoms with E-state index in [0.717, 1.165) is 78.2 Å². The number of benzene rings is 8. The second-order valence-electron chi connectivity index (χ2n) is 50.4. The van der Waals surface area contributed by atoms with Crippen molar-refractivity contribution in [3.05, 3.63) is 285 Å². The van der Waals surface area contributed by atoms with Crippen LogP contribution in [-0.2, 0) is 99.6 Å². The fourth-order valence-electron chi connectivity index (χ4n) is 13.5. The summed E-state index contributed by atoms with van der Waals surface area (Å²) in [4.78, 5) is 65.4. The van der Waals surface area contributed by atoms with Crippen molar-refractivity contribution in [3.8, 4) is 45.0 Å². The number of aryl methyl sites for hydroxylation is 9. The first-order chi connectivity index (χ1) is 63.9. The first kappa shape index (κ1) is 141. The summed E-state index contributed by atoms with van der Waals surface area (Å²) in [5.74, 6) is 0.416. The number of carbonyl (C=O) groups excluding carboxylic acids is 4. The number of rotatable bonds is 12. The molecule has 0 saturated carbocycles. The Bertz CT molecular complexity index is 6340. The Hall–Kier alpha value is -8.30. The van der Waals surface area contributed by atoms with Gasteiger partial charge < -0.3 is 20.4 Å². The van der Waals surface area contributed by atoms with E-state index >= 15 is 0 Å². The van der Waals surface area contributed by atoms with Gasteiger partial charge in [-0.25, -0.2) is 0 Å². The normalized spacial score (nSPS) is 12.3. The van der Waals surface area contributed by atoms with E-state index in [4.69, 9.17) is 19.9 Å². The maximum absolute atomic E-state index is 11.5. The largest absolute Gasteiger partial charge is 0.512 e. The molecule has 0 aliphatic heterocycles. The van der Waals surface area contributed by atoms with E-state index in [1.165, 1.54) is 106 Å². The van der Waals surface area contributed by atoms with Crippen LogP contribution in [0, 0.1) is 130 Å². The van der Waals surface area contributed by atoms with Crippen LogP contribution >= 0.6 is 0 Å². The van der Waals surface area contributed by atoms with Gasteiger partial charge in [-0.1, -0.05) is 425 Å². The summed E-state index contributed by atoms with van der Waals surface area (Å²) in [6.07, 6.45) is 5.33. The summed E-state index contributed by atoms with van der Waals surface area (Å²) in [6, 6.07) is 72.7. The number of pyridine rings is 4. The van der Waals surface area contributed by atoms with Crippen LogP contribution in [0.3, 0.4) is 0 Å². The molecule has 12 aromatic rings. The van der Waals surface area contributed by atoms with Crippen LogP contribution in [0.1, 0.15) is 231 Å². The molecular formula is C127H178Ir4N4O8Si4-4. The van der Waals surface area contributed by atoms with E-state index in [9.17, 15) is 39.6 Å². The monoisotopic (exact) mass is 2770 g/mol. The zero-order chi connectivity index (χ0) is 108. The van der Waals surface area contributed by atoms with E-state index in [-0.39, 0.29) is 163 Å². The molecule has 0 aliphatic rings. The quantitative estimate of drug-likeness (QED) is 0.0391. The summed E-state index contributed by atoms with van der Waals surface area (Å²) in [7, 11) is -5.13. The molecule has 810 valence electrons. The number of allylic oxidation sites excluding steroid dienone is 8. The van der Waals surface area contributed by atoms with Crippen molar-refractivity contribution in [1.82, 2.24) is 19.9 Å². The molecule has 4 aromatic heterocycles. The molecule has 0 bridgehead atoms. The minimum absolute atomic E-state index is 0. The number of fused-ring (bicyclic) bond motifs is 4. The molecule has 20 heteroatoms. The number of aliphatic hydroxyl groups is 4. The number of carbonyl (C=O) groups is 4. The summed E-state index contributed by atoms with van der Waals surface area (Å²) >= 11 is 0. The number of hydrogen-bond acceptors (Lipinski definition) is 12. The predicted molar refractivity (Wildman–Crippen MR) is 631 cm³/mol. The molecule has 0 aliphatic carbocycles. The molecule has 0 fully saturated rings. The Labute approximate surface area is 946 Å². The van der Waals surface area contributed by atoms with Gasteiger partial charge in [0.2, 0.25) is 0 Å². The summed E-state index contributed by atoms with van der Waals surface area (Å²) < 4.78 is 0. The van der Waals surface area contributed by atoms with Crippen molar-refractivity contribution >= 4 is 120 Å². The molecule has 4 radical (unpaired) electrons. The Balaban J connectivity index is 0. The van der Waals surface area contributed by atoms with Gasteiger partial charge in [-0.3, -0.25) is 39.1 Å². The molecule has 8 aromatic carbocycles. The second-order valence-corrected chi connectivity index (χ2v) is 70.7. The van der Waals surface area contributed by atoms with Crippen LogP contribution in [0.25, 0.3) is 88.6 Å². The Morgan fingerprint density at radius 1 is 0.265 bits per heavy atom. The third kappa shape index (κ3) is 45.3. The summed E-state index contributed by atoms with van der Waals surface area (Å²) in [5.41, 5.74) is 20.6. The number of aliphatic hydroxyl groups excluding tert-OH is 4. The SMILES string of the molecule is C.C.CC(C)(C)C(=O)C=C(O)C(C)(C)C.CC(C)(C)C(=O)C=C(O)C(C)(C)C.CC(C)(C)C(=O)C=C(O)C(C)(C)C.CC(C)(C)C(=O)C=C(O)C(C)(C)C.Cc1[c-]c(-c2ccc3cc([Si](C)(C)C)ccc3n2)cc(C)c1.Cc1[c-]c(-c2nc3ccc([Si](C)(C)C)cc3cc2C)cc(C)c1.Cc1c[c-]c(-c2ccc3cc([Si](C)(C)C)ccc3n2)c(C)c1.Cc1c[c-]c(-c2nc3ccc([Si](C)(C)C)cc3cc2C)cc1.[Ir].[Ir].[Ir].[Ir]. The van der Waals surface area contributed by atoms with Gasteiger partial charge in [-0.05, 0) is 82.4 Å². The summed E-state index contributed by atoms with van der Waals surface area (Å²) in [5, 5.41) is 49.1. The minimum atomic E-state index is -1.29. The Morgan fingerprint density at radius 3 is 0.816 bits per heavy atom. The standard InChI is InChI=1S/C21H24NSi.3C20H22NSi.4C11H20O2.2CH4.4Ir/c1-14-9-15(2)11-18(10-14)21-16(3)12-17-13-19(23(4,5)6)7-8-20(17)22-21;1-14-6-9-18(15(2)12-14)20-10-7-16-13-17(22(3,4)5)8-11-19(16)21-20;1-14-10-15(2)12-17(11-14)20-8-6-16-13-18(22(3,4)5)7-9-19(16)21-20;1-14-6-8-16(9-7-14)20-15(2)12-17-13-18(22(3,4)5)10-11-19(17)21-20;4*1-10(2,3)8(12)7-9(13)11(4,5)6;;;;;;/h7-10,12-13H,1-6H3;6-8,10-13H,1-5H3;6-11,13H,1-5H3;6-8,10-13H,1-5H3;4*7,12H,1-6H3;2*1H4;;;;/q4*-1;;;;;;;;;;. The van der Waals surface area contributed by atoms with Gasteiger partial charge >= 0.3 is 0 Å². The third-order valence-corrected chi connectivity index (χ3v) is 31.7. The van der Waals surface area contributed by atoms with Gasteiger partial charge in [0.15, 0.2) is 23.1 Å². The first-order valence-electron chi connectivity index (χ1n) is 49.4. The molecule has 147 heavy (non-hydrogen) atoms. The van der Waals surface area contributed by atoms with Gasteiger partial charge in [-0.15, -0.1) is 140 Å². The molecule has 0 unspecified atom stereocenters. The fourth-order valence-corrected chi connectivity index (χ4v) is 18.2. The van der Waals surface area contributed by atoms with Gasteiger partial charge in [0.05, 0.1) is 54.4 Å². The molecule has 0 amide bonds. The molecule has 12 rings (SSSR count). The van der Waals surface area contributed by atoms with Crippen molar-refractivity contribution in [2.45, 2.75) is 322 Å². The van der Waals surface area contributed by atoms with E-state index < -0.39 is 54.0 Å². The van der Waals surface area contributed by atoms with Crippen molar-refractivity contribution in [3.63, 3.8) is 0 Å². The van der Waals surface area contributed by atoms with E-state index in [2.05, 4.69) is 317 Å². The second kappa shape index (κ2) is 56.3. The number of aromatic nitrogens is 4. The van der Waals surface area contributed by atoms with Crippen LogP contribution in [0.4, 0.5) is 0 Å². The molecule has 4 N–H and O–H groups in total. The van der Waals surface area contributed by atoms with Crippen LogP contribution in [0.5, 0.6) is 0 Å². The van der Waals surface area contributed by atoms with Crippen LogP contribution < -0.4 is 20.7 Å². The maximum Gasteiger partial charge on any atom is 0.164 e. The van der Waals surface area contributed by atoms with Gasteiger partial charge in [0.25, 0.3) is 0 Å². The van der Waals surface area contributed by atoms with E-state index in [1.54, 1.807) is 0 Å². The average molecular weight is 2770 g/mol. The maximum atomic E-state index is 11.5. The number of nitrogens with zero attached hydrogens (tertiary/aromatic N) is 4. The zero-order valence-electron chi connectivity index (χ0n) is 95.9. The molecule has 0 atom stereocenters. The zero-order valence-corrected chi connectivity index (χ0v) is 110. The molecule has 0 spiro atoms. The van der Waals surface area contributed by atoms with Gasteiger partial charge in [0.1, 0.15) is 23.0 Å². The number of ketones is 4. The third-order valence-electron chi connectivity index (χ3n) is 23.5. The van der Waals surface area contributed by atoms with Crippen molar-refractivity contribution in [1.29, 1.82) is 0 Å². The van der Waals surface area contributed by atoms with Crippen LogP contribution in [-0.4, -0.2) is 95.8 Å². The van der Waals surface area contributed by atoms with E-state index in [1.807, 2.05) is 178 Å². The van der Waals surface area contributed by atoms with Gasteiger partial charge in [0, 0.05) is 148 Å². The average Bonchev–Trinajstić information content (AvgIpc) is 0.786. The van der Waals surface area contributed by atoms with Crippen molar-refractivity contribution in [2.24, 2.45) is 43.3 Å². The van der Waals surface area contributed by atoms with Crippen LogP contribution in [0.15, 0.2) is 211 Å². The van der Waals surface area contributed by atoms with Gasteiger partial charge in [-0.2, -0.15) is 0 Å². The molecule has 12 nitrogen and oxygen atoms in total. The minimum Gasteiger partial charge on any atom is -0.512 e. The predicted octanol–water partition coefficient (Wildman–Crippen LogP) is 33.4. The fraction of sp³-hybridized carbons (Fsp3) is 0.433. The Morgan fingerprint density at radius 2 is 0.537 bits per heavy atom. The molecular weight excluding hydrogens is 2590 g/mol. The molecule has 4 heterocycles. The van der Waals surface area contributed by atoms with Crippen molar-refractivity contribution in [2.75, 3.05) is 0 Å².